The molecule has 0 radical (unpaired) electrons. The lowest BCUT2D eigenvalue weighted by atomic mass is 10.1. The Morgan fingerprint density at radius 2 is 1.90 bits per heavy atom. The Morgan fingerprint density at radius 1 is 1.17 bits per heavy atom. The first-order valence-electron chi connectivity index (χ1n) is 9.24. The third-order valence-corrected chi connectivity index (χ3v) is 5.64. The second-order valence-electron chi connectivity index (χ2n) is 6.84. The number of nitrogens with one attached hydrogen (secondary N) is 1. The Kier molecular flexibility index (Phi) is 7.50. The van der Waals surface area contributed by atoms with Gasteiger partial charge in [0.15, 0.2) is 0 Å². The number of hydrogen-bond acceptors (Lipinski definition) is 5. The minimum atomic E-state index is -3.69. The van der Waals surface area contributed by atoms with Crippen molar-refractivity contribution >= 4 is 21.6 Å². The number of benzene rings is 2. The monoisotopic (exact) mass is 420 g/mol. The van der Waals surface area contributed by atoms with E-state index < -0.39 is 22.0 Å². The molecular formula is C21H28N2O5S. The van der Waals surface area contributed by atoms with E-state index in [4.69, 9.17) is 9.47 Å². The molecule has 8 heteroatoms. The van der Waals surface area contributed by atoms with Gasteiger partial charge in [-0.3, -0.25) is 9.10 Å². The lowest BCUT2D eigenvalue weighted by Crippen LogP contribution is -2.48. The van der Waals surface area contributed by atoms with Crippen LogP contribution in [0.2, 0.25) is 0 Å². The van der Waals surface area contributed by atoms with E-state index in [9.17, 15) is 13.2 Å². The third-order valence-electron chi connectivity index (χ3n) is 4.40. The number of nitrogens with zero attached hydrogens (tertiary/aromatic N) is 1. The van der Waals surface area contributed by atoms with Gasteiger partial charge < -0.3 is 14.8 Å². The average molecular weight is 421 g/mol. The van der Waals surface area contributed by atoms with Gasteiger partial charge in [0.1, 0.15) is 24.1 Å². The van der Waals surface area contributed by atoms with Crippen LogP contribution in [0.1, 0.15) is 18.1 Å². The molecule has 0 heterocycles. The Labute approximate surface area is 172 Å². The Balaban J connectivity index is 2.02. The maximum absolute atomic E-state index is 12.6. The molecular weight excluding hydrogens is 392 g/mol. The molecule has 2 rings (SSSR count). The largest absolute Gasteiger partial charge is 0.497 e. The predicted molar refractivity (Wildman–Crippen MR) is 114 cm³/mol. The lowest BCUT2D eigenvalue weighted by molar-refractivity contribution is -0.121. The van der Waals surface area contributed by atoms with Crippen LogP contribution in [0.4, 0.5) is 5.69 Å². The number of hydrogen-bond donors (Lipinski definition) is 1. The summed E-state index contributed by atoms with van der Waals surface area (Å²) in [7, 11) is -2.19. The van der Waals surface area contributed by atoms with Gasteiger partial charge in [0, 0.05) is 6.07 Å². The van der Waals surface area contributed by atoms with E-state index in [2.05, 4.69) is 5.32 Å². The van der Waals surface area contributed by atoms with Gasteiger partial charge >= 0.3 is 0 Å². The molecule has 158 valence electrons. The lowest BCUT2D eigenvalue weighted by Gasteiger charge is -2.28. The zero-order valence-corrected chi connectivity index (χ0v) is 18.2. The topological polar surface area (TPSA) is 84.9 Å². The fraction of sp³-hybridized carbons (Fsp3) is 0.381. The Bertz CT molecular complexity index is 959. The summed E-state index contributed by atoms with van der Waals surface area (Å²) in [6.45, 7) is 6.01. The number of carbonyl (C=O) groups excluding carboxylic acids is 1. The first kappa shape index (κ1) is 22.5. The first-order chi connectivity index (χ1) is 13.6. The molecule has 1 atom stereocenters. The number of rotatable bonds is 9. The molecule has 0 saturated carbocycles. The Hall–Kier alpha value is -2.74. The zero-order chi connectivity index (χ0) is 21.6. The molecule has 1 amide bonds. The van der Waals surface area contributed by atoms with Crippen LogP contribution in [-0.4, -0.2) is 46.9 Å². The van der Waals surface area contributed by atoms with E-state index in [1.165, 1.54) is 7.11 Å². The summed E-state index contributed by atoms with van der Waals surface area (Å²) in [5.41, 5.74) is 2.46. The summed E-state index contributed by atoms with van der Waals surface area (Å²) in [5, 5.41) is 2.74. The summed E-state index contributed by atoms with van der Waals surface area (Å²) >= 11 is 0. The molecule has 29 heavy (non-hydrogen) atoms. The summed E-state index contributed by atoms with van der Waals surface area (Å²) in [6.07, 6.45) is 1.07. The van der Waals surface area contributed by atoms with Crippen molar-refractivity contribution in [1.82, 2.24) is 5.32 Å². The highest BCUT2D eigenvalue weighted by Crippen LogP contribution is 2.25. The molecule has 0 unspecified atom stereocenters. The van der Waals surface area contributed by atoms with Crippen molar-refractivity contribution in [3.05, 3.63) is 53.6 Å². The van der Waals surface area contributed by atoms with Crippen molar-refractivity contribution in [3.8, 4) is 11.5 Å². The quantitative estimate of drug-likeness (QED) is 0.631. The van der Waals surface area contributed by atoms with Gasteiger partial charge in [-0.2, -0.15) is 0 Å². The van der Waals surface area contributed by atoms with Crippen LogP contribution in [0.5, 0.6) is 11.5 Å². The molecule has 2 aromatic rings. The number of sulfonamides is 1. The molecule has 0 aliphatic carbocycles. The van der Waals surface area contributed by atoms with E-state index in [0.717, 1.165) is 27.4 Å². The smallest absolute Gasteiger partial charge is 0.243 e. The highest BCUT2D eigenvalue weighted by atomic mass is 32.2. The molecule has 0 fully saturated rings. The fourth-order valence-corrected chi connectivity index (χ4v) is 4.07. The predicted octanol–water partition coefficient (Wildman–Crippen LogP) is 2.66. The molecule has 1 N–H and O–H groups in total. The van der Waals surface area contributed by atoms with Gasteiger partial charge in [-0.25, -0.2) is 8.42 Å². The van der Waals surface area contributed by atoms with Crippen LogP contribution in [0.25, 0.3) is 0 Å². The van der Waals surface area contributed by atoms with Gasteiger partial charge in [0.2, 0.25) is 15.9 Å². The van der Waals surface area contributed by atoms with E-state index in [-0.39, 0.29) is 13.2 Å². The number of ether oxygens (including phenoxy) is 2. The van der Waals surface area contributed by atoms with Crippen LogP contribution in [0, 0.1) is 13.8 Å². The summed E-state index contributed by atoms with van der Waals surface area (Å²) in [4.78, 5) is 12.6. The van der Waals surface area contributed by atoms with Crippen molar-refractivity contribution in [2.75, 3.05) is 30.8 Å². The number of aryl methyl sites for hydroxylation is 2. The fourth-order valence-electron chi connectivity index (χ4n) is 2.90. The number of carbonyl (C=O) groups is 1. The molecule has 0 saturated heterocycles. The number of methoxy groups -OCH3 is 1. The molecule has 7 nitrogen and oxygen atoms in total. The average Bonchev–Trinajstić information content (AvgIpc) is 2.66. The van der Waals surface area contributed by atoms with Crippen LogP contribution >= 0.6 is 0 Å². The standard InChI is InChI=1S/C21H28N2O5S/c1-15-9-10-16(2)20(13-15)28-12-11-22-21(24)17(3)23(29(5,25)26)18-7-6-8-19(14-18)27-4/h6-10,13-14,17H,11-12H2,1-5H3,(H,22,24)/t17-/m1/s1. The van der Waals surface area contributed by atoms with Crippen LogP contribution in [0.3, 0.4) is 0 Å². The first-order valence-corrected chi connectivity index (χ1v) is 11.1. The molecule has 2 aromatic carbocycles. The SMILES string of the molecule is COc1cccc(N([C@H](C)C(=O)NCCOc2cc(C)ccc2C)S(C)(=O)=O)c1. The second-order valence-corrected chi connectivity index (χ2v) is 8.70. The van der Waals surface area contributed by atoms with Crippen molar-refractivity contribution < 1.29 is 22.7 Å². The van der Waals surface area contributed by atoms with Crippen LogP contribution in [-0.2, 0) is 14.8 Å². The number of amides is 1. The van der Waals surface area contributed by atoms with E-state index >= 15 is 0 Å². The van der Waals surface area contributed by atoms with Crippen molar-refractivity contribution in [2.24, 2.45) is 0 Å². The molecule has 0 aliphatic heterocycles. The molecule has 0 aromatic heterocycles. The Morgan fingerprint density at radius 3 is 2.55 bits per heavy atom. The van der Waals surface area contributed by atoms with Crippen molar-refractivity contribution in [2.45, 2.75) is 26.8 Å². The third kappa shape index (κ3) is 6.12. The maximum atomic E-state index is 12.6. The minimum absolute atomic E-state index is 0.256. The minimum Gasteiger partial charge on any atom is -0.497 e. The van der Waals surface area contributed by atoms with Gasteiger partial charge in [0.25, 0.3) is 0 Å². The van der Waals surface area contributed by atoms with Crippen LogP contribution in [0.15, 0.2) is 42.5 Å². The number of anilines is 1. The highest BCUT2D eigenvalue weighted by Gasteiger charge is 2.29. The summed E-state index contributed by atoms with van der Waals surface area (Å²) in [6, 6.07) is 11.6. The van der Waals surface area contributed by atoms with Gasteiger partial charge in [-0.15, -0.1) is 0 Å². The van der Waals surface area contributed by atoms with Crippen LogP contribution < -0.4 is 19.1 Å². The van der Waals surface area contributed by atoms with Gasteiger partial charge in [-0.1, -0.05) is 18.2 Å². The highest BCUT2D eigenvalue weighted by molar-refractivity contribution is 7.92. The van der Waals surface area contributed by atoms with Gasteiger partial charge in [-0.05, 0) is 50.1 Å². The second kappa shape index (κ2) is 9.65. The summed E-state index contributed by atoms with van der Waals surface area (Å²) in [5.74, 6) is 0.856. The van der Waals surface area contributed by atoms with Crippen molar-refractivity contribution in [1.29, 1.82) is 0 Å². The zero-order valence-electron chi connectivity index (χ0n) is 17.4. The molecule has 0 aliphatic rings. The maximum Gasteiger partial charge on any atom is 0.243 e. The molecule has 0 spiro atoms. The van der Waals surface area contributed by atoms with Gasteiger partial charge in [0.05, 0.1) is 25.6 Å². The normalized spacial score (nSPS) is 12.2. The summed E-state index contributed by atoms with van der Waals surface area (Å²) < 4.78 is 36.7. The van der Waals surface area contributed by atoms with E-state index in [1.807, 2.05) is 32.0 Å². The molecule has 0 bridgehead atoms. The van der Waals surface area contributed by atoms with E-state index in [1.54, 1.807) is 31.2 Å². The van der Waals surface area contributed by atoms with Crippen molar-refractivity contribution in [3.63, 3.8) is 0 Å². The van der Waals surface area contributed by atoms with E-state index in [0.29, 0.717) is 11.4 Å².